The maximum absolute atomic E-state index is 13.4. The first-order valence-electron chi connectivity index (χ1n) is 10.6. The van der Waals surface area contributed by atoms with Crippen LogP contribution in [0.5, 0.6) is 0 Å². The molecule has 1 aliphatic heterocycles. The number of nitrogens with zero attached hydrogens (tertiary/aromatic N) is 5. The molecule has 0 aliphatic carbocycles. The van der Waals surface area contributed by atoms with E-state index in [4.69, 9.17) is 11.6 Å². The van der Waals surface area contributed by atoms with Crippen LogP contribution < -0.4 is 10.6 Å². The summed E-state index contributed by atoms with van der Waals surface area (Å²) < 4.78 is 1.61. The summed E-state index contributed by atoms with van der Waals surface area (Å²) in [6.07, 6.45) is 3.16. The van der Waals surface area contributed by atoms with Crippen LogP contribution in [-0.4, -0.2) is 30.6 Å². The van der Waals surface area contributed by atoms with Gasteiger partial charge in [-0.15, -0.1) is 5.10 Å². The predicted molar refractivity (Wildman–Crippen MR) is 131 cm³/mol. The number of non-ortho nitro benzene ring substituents is 1. The molecule has 0 bridgehead atoms. The number of allylic oxidation sites excluding steroid dienone is 1. The van der Waals surface area contributed by atoms with E-state index in [2.05, 4.69) is 25.7 Å². The Morgan fingerprint density at radius 2 is 1.89 bits per heavy atom. The van der Waals surface area contributed by atoms with Crippen molar-refractivity contribution in [3.05, 3.63) is 105 Å². The van der Waals surface area contributed by atoms with Gasteiger partial charge in [-0.25, -0.2) is 4.68 Å². The summed E-state index contributed by atoms with van der Waals surface area (Å²) in [5.74, 6) is 0.520. The minimum atomic E-state index is -0.683. The summed E-state index contributed by atoms with van der Waals surface area (Å²) in [5.41, 5.74) is 2.85. The van der Waals surface area contributed by atoms with Crippen LogP contribution in [0.4, 0.5) is 17.3 Å². The molecule has 10 nitrogen and oxygen atoms in total. The molecule has 0 fully saturated rings. The first-order chi connectivity index (χ1) is 16.9. The fraction of sp³-hybridized carbons (Fsp3) is 0.0833. The number of hydrogen-bond donors (Lipinski definition) is 2. The van der Waals surface area contributed by atoms with Gasteiger partial charge in [-0.05, 0) is 61.0 Å². The fourth-order valence-corrected chi connectivity index (χ4v) is 4.01. The molecule has 4 aromatic rings. The lowest BCUT2D eigenvalue weighted by Gasteiger charge is -2.28. The Morgan fingerprint density at radius 3 is 2.54 bits per heavy atom. The van der Waals surface area contributed by atoms with Gasteiger partial charge >= 0.3 is 0 Å². The van der Waals surface area contributed by atoms with Crippen LogP contribution in [0.2, 0.25) is 5.02 Å². The summed E-state index contributed by atoms with van der Waals surface area (Å²) in [6.45, 7) is 1.77. The number of anilines is 2. The van der Waals surface area contributed by atoms with E-state index >= 15 is 0 Å². The second-order valence-electron chi connectivity index (χ2n) is 7.82. The Labute approximate surface area is 204 Å². The molecule has 0 spiro atoms. The third kappa shape index (κ3) is 4.34. The SMILES string of the molecule is CC1=C(C(=O)Nc2cccnc2)[C@H](c2ccc([N+](=O)[O-])cc2)n2nc(-c3ccc(Cl)cc3)nc2N1. The minimum absolute atomic E-state index is 0.0505. The monoisotopic (exact) mass is 487 g/mol. The molecule has 0 saturated heterocycles. The highest BCUT2D eigenvalue weighted by atomic mass is 35.5. The number of carbonyl (C=O) groups is 1. The normalized spacial score (nSPS) is 14.7. The molecule has 0 unspecified atom stereocenters. The molecular formula is C24H18ClN7O3. The molecular weight excluding hydrogens is 470 g/mol. The minimum Gasteiger partial charge on any atom is -0.328 e. The molecule has 35 heavy (non-hydrogen) atoms. The summed E-state index contributed by atoms with van der Waals surface area (Å²) >= 11 is 6.02. The zero-order valence-electron chi connectivity index (χ0n) is 18.3. The maximum Gasteiger partial charge on any atom is 0.269 e. The first kappa shape index (κ1) is 22.2. The van der Waals surface area contributed by atoms with Gasteiger partial charge in [-0.1, -0.05) is 11.6 Å². The van der Waals surface area contributed by atoms with Gasteiger partial charge in [0.25, 0.3) is 11.6 Å². The van der Waals surface area contributed by atoms with E-state index in [1.54, 1.807) is 72.5 Å². The third-order valence-electron chi connectivity index (χ3n) is 5.54. The summed E-state index contributed by atoms with van der Waals surface area (Å²) in [5, 5.41) is 22.5. The zero-order valence-corrected chi connectivity index (χ0v) is 19.1. The van der Waals surface area contributed by atoms with E-state index in [9.17, 15) is 14.9 Å². The molecule has 0 radical (unpaired) electrons. The number of rotatable bonds is 5. The van der Waals surface area contributed by atoms with Crippen molar-refractivity contribution in [1.29, 1.82) is 0 Å². The van der Waals surface area contributed by atoms with Crippen LogP contribution in [-0.2, 0) is 4.79 Å². The Bertz CT molecular complexity index is 1450. The van der Waals surface area contributed by atoms with Crippen molar-refractivity contribution in [2.45, 2.75) is 13.0 Å². The van der Waals surface area contributed by atoms with Crippen molar-refractivity contribution in [3.63, 3.8) is 0 Å². The van der Waals surface area contributed by atoms with E-state index in [0.29, 0.717) is 39.3 Å². The van der Waals surface area contributed by atoms with Crippen molar-refractivity contribution in [2.75, 3.05) is 10.6 Å². The Hall–Kier alpha value is -4.57. The lowest BCUT2D eigenvalue weighted by Crippen LogP contribution is -2.31. The highest BCUT2D eigenvalue weighted by molar-refractivity contribution is 6.30. The zero-order chi connectivity index (χ0) is 24.5. The van der Waals surface area contributed by atoms with Crippen molar-refractivity contribution in [2.24, 2.45) is 0 Å². The highest BCUT2D eigenvalue weighted by Crippen LogP contribution is 2.37. The molecule has 1 aliphatic rings. The average Bonchev–Trinajstić information content (AvgIpc) is 3.27. The van der Waals surface area contributed by atoms with Gasteiger partial charge in [0.05, 0.1) is 22.4 Å². The number of hydrogen-bond acceptors (Lipinski definition) is 7. The van der Waals surface area contributed by atoms with Crippen molar-refractivity contribution < 1.29 is 9.72 Å². The lowest BCUT2D eigenvalue weighted by atomic mass is 9.95. The third-order valence-corrected chi connectivity index (χ3v) is 5.79. The quantitative estimate of drug-likeness (QED) is 0.305. The van der Waals surface area contributed by atoms with Gasteiger partial charge in [0.2, 0.25) is 5.95 Å². The van der Waals surface area contributed by atoms with E-state index in [-0.39, 0.29) is 11.6 Å². The molecule has 2 N–H and O–H groups in total. The largest absolute Gasteiger partial charge is 0.328 e. The van der Waals surface area contributed by atoms with E-state index < -0.39 is 11.0 Å². The molecule has 2 aromatic heterocycles. The number of aromatic nitrogens is 4. The molecule has 0 saturated carbocycles. The van der Waals surface area contributed by atoms with E-state index in [1.807, 2.05) is 0 Å². The van der Waals surface area contributed by atoms with Crippen LogP contribution >= 0.6 is 11.6 Å². The van der Waals surface area contributed by atoms with E-state index in [1.165, 1.54) is 12.1 Å². The highest BCUT2D eigenvalue weighted by Gasteiger charge is 2.34. The second kappa shape index (κ2) is 8.99. The van der Waals surface area contributed by atoms with Crippen LogP contribution in [0.15, 0.2) is 84.3 Å². The maximum atomic E-state index is 13.4. The van der Waals surface area contributed by atoms with Gasteiger partial charge in [-0.2, -0.15) is 4.98 Å². The van der Waals surface area contributed by atoms with Gasteiger partial charge in [0.1, 0.15) is 6.04 Å². The lowest BCUT2D eigenvalue weighted by molar-refractivity contribution is -0.384. The number of nitrogens with one attached hydrogen (secondary N) is 2. The van der Waals surface area contributed by atoms with Gasteiger partial charge in [-0.3, -0.25) is 19.9 Å². The van der Waals surface area contributed by atoms with E-state index in [0.717, 1.165) is 5.56 Å². The fourth-order valence-electron chi connectivity index (χ4n) is 3.89. The Morgan fingerprint density at radius 1 is 1.14 bits per heavy atom. The smallest absolute Gasteiger partial charge is 0.269 e. The predicted octanol–water partition coefficient (Wildman–Crippen LogP) is 4.83. The molecule has 1 atom stereocenters. The topological polar surface area (TPSA) is 128 Å². The standard InChI is InChI=1S/C24H18ClN7O3/c1-14-20(23(33)28-18-3-2-12-26-13-18)21(15-6-10-19(11-7-15)32(34)35)31-24(27-14)29-22(30-31)16-4-8-17(25)9-5-16/h2-13,21H,1H3,(H,28,33)(H,27,29,30)/t21-/m0/s1. The Kier molecular flexibility index (Phi) is 5.71. The summed E-state index contributed by atoms with van der Waals surface area (Å²) in [4.78, 5) is 32.8. The number of carbonyl (C=O) groups excluding carboxylic acids is 1. The molecule has 2 aromatic carbocycles. The van der Waals surface area contributed by atoms with Gasteiger partial charge < -0.3 is 10.6 Å². The van der Waals surface area contributed by atoms with Crippen molar-refractivity contribution >= 4 is 34.8 Å². The summed E-state index contributed by atoms with van der Waals surface area (Å²) in [6, 6.07) is 15.9. The number of nitro groups is 1. The number of halogens is 1. The second-order valence-corrected chi connectivity index (χ2v) is 8.26. The molecule has 5 rings (SSSR count). The summed E-state index contributed by atoms with van der Waals surface area (Å²) in [7, 11) is 0. The van der Waals surface area contributed by atoms with Gasteiger partial charge in [0.15, 0.2) is 5.82 Å². The van der Waals surface area contributed by atoms with Crippen LogP contribution in [0, 0.1) is 10.1 Å². The van der Waals surface area contributed by atoms with Crippen molar-refractivity contribution in [1.82, 2.24) is 19.7 Å². The number of nitro benzene ring substituents is 1. The number of fused-ring (bicyclic) bond motifs is 1. The number of benzene rings is 2. The van der Waals surface area contributed by atoms with Crippen molar-refractivity contribution in [3.8, 4) is 11.4 Å². The van der Waals surface area contributed by atoms with Gasteiger partial charge in [0, 0.05) is 34.6 Å². The molecule has 1 amide bonds. The molecule has 3 heterocycles. The van der Waals surface area contributed by atoms with Crippen LogP contribution in [0.3, 0.4) is 0 Å². The number of amides is 1. The average molecular weight is 488 g/mol. The number of pyridine rings is 1. The van der Waals surface area contributed by atoms with Crippen LogP contribution in [0.1, 0.15) is 18.5 Å². The van der Waals surface area contributed by atoms with Crippen LogP contribution in [0.25, 0.3) is 11.4 Å². The Balaban J connectivity index is 1.60. The first-order valence-corrected chi connectivity index (χ1v) is 10.9. The molecule has 11 heteroatoms. The molecule has 174 valence electrons.